The van der Waals surface area contributed by atoms with Gasteiger partial charge in [-0.2, -0.15) is 0 Å². The van der Waals surface area contributed by atoms with Crippen molar-refractivity contribution in [2.24, 2.45) is 5.41 Å². The van der Waals surface area contributed by atoms with Gasteiger partial charge in [0.15, 0.2) is 0 Å². The van der Waals surface area contributed by atoms with Crippen LogP contribution < -0.4 is 5.32 Å². The minimum absolute atomic E-state index is 0.429. The van der Waals surface area contributed by atoms with Crippen molar-refractivity contribution in [1.82, 2.24) is 15.3 Å². The summed E-state index contributed by atoms with van der Waals surface area (Å²) in [7, 11) is 0. The van der Waals surface area contributed by atoms with E-state index in [1.807, 2.05) is 12.4 Å². The fraction of sp³-hybridized carbons (Fsp3) is 0.667. The van der Waals surface area contributed by atoms with Crippen molar-refractivity contribution in [3.8, 4) is 0 Å². The Morgan fingerprint density at radius 2 is 2.07 bits per heavy atom. The van der Waals surface area contributed by atoms with Gasteiger partial charge in [-0.15, -0.1) is 0 Å². The summed E-state index contributed by atoms with van der Waals surface area (Å²) in [5.41, 5.74) is 1.66. The van der Waals surface area contributed by atoms with Gasteiger partial charge in [-0.1, -0.05) is 13.8 Å². The molecule has 0 radical (unpaired) electrons. The summed E-state index contributed by atoms with van der Waals surface area (Å²) < 4.78 is 0. The Kier molecular flexibility index (Phi) is 3.00. The van der Waals surface area contributed by atoms with E-state index < -0.39 is 0 Å². The third-order valence-electron chi connectivity index (χ3n) is 3.25. The minimum atomic E-state index is 0.429. The summed E-state index contributed by atoms with van der Waals surface area (Å²) in [6.07, 6.45) is 9.25. The highest BCUT2D eigenvalue weighted by Gasteiger charge is 2.45. The van der Waals surface area contributed by atoms with E-state index in [-0.39, 0.29) is 0 Å². The van der Waals surface area contributed by atoms with Crippen LogP contribution in [0.15, 0.2) is 18.7 Å². The standard InChI is InChI=1S/C12H19N3/c1-3-6-15-11(12(2)4-5-12)10-7-13-9-14-8-10/h7-9,11,15H,3-6H2,1-2H3. The molecule has 3 nitrogen and oxygen atoms in total. The average molecular weight is 205 g/mol. The van der Waals surface area contributed by atoms with Crippen LogP contribution in [-0.4, -0.2) is 16.5 Å². The van der Waals surface area contributed by atoms with Crippen molar-refractivity contribution in [3.05, 3.63) is 24.3 Å². The Hall–Kier alpha value is -0.960. The number of rotatable bonds is 5. The quantitative estimate of drug-likeness (QED) is 0.801. The Morgan fingerprint density at radius 3 is 2.60 bits per heavy atom. The molecular formula is C12H19N3. The average Bonchev–Trinajstić information content (AvgIpc) is 2.99. The van der Waals surface area contributed by atoms with Crippen molar-refractivity contribution in [1.29, 1.82) is 0 Å². The first kappa shape index (κ1) is 10.6. The predicted molar refractivity (Wildman–Crippen MR) is 60.4 cm³/mol. The Bertz CT molecular complexity index is 306. The van der Waals surface area contributed by atoms with Crippen molar-refractivity contribution in [3.63, 3.8) is 0 Å². The molecule has 1 unspecified atom stereocenters. The highest BCUT2D eigenvalue weighted by Crippen LogP contribution is 2.54. The maximum absolute atomic E-state index is 4.10. The fourth-order valence-electron chi connectivity index (χ4n) is 2.00. The molecule has 0 bridgehead atoms. The van der Waals surface area contributed by atoms with E-state index in [1.165, 1.54) is 24.8 Å². The van der Waals surface area contributed by atoms with Crippen LogP contribution in [0.25, 0.3) is 0 Å². The van der Waals surface area contributed by atoms with E-state index in [0.29, 0.717) is 11.5 Å². The van der Waals surface area contributed by atoms with Crippen LogP contribution >= 0.6 is 0 Å². The molecule has 1 aliphatic rings. The number of nitrogens with one attached hydrogen (secondary N) is 1. The molecule has 82 valence electrons. The van der Waals surface area contributed by atoms with Gasteiger partial charge in [-0.3, -0.25) is 0 Å². The molecular weight excluding hydrogens is 186 g/mol. The fourth-order valence-corrected chi connectivity index (χ4v) is 2.00. The summed E-state index contributed by atoms with van der Waals surface area (Å²) >= 11 is 0. The molecule has 3 heteroatoms. The molecule has 1 fully saturated rings. The van der Waals surface area contributed by atoms with Crippen LogP contribution in [0.3, 0.4) is 0 Å². The molecule has 0 aliphatic heterocycles. The molecule has 0 amide bonds. The van der Waals surface area contributed by atoms with Gasteiger partial charge < -0.3 is 5.32 Å². The van der Waals surface area contributed by atoms with Crippen LogP contribution in [0.5, 0.6) is 0 Å². The highest BCUT2D eigenvalue weighted by atomic mass is 15.0. The van der Waals surface area contributed by atoms with E-state index in [4.69, 9.17) is 0 Å². The first-order valence-corrected chi connectivity index (χ1v) is 5.74. The number of hydrogen-bond donors (Lipinski definition) is 1. The Balaban J connectivity index is 2.12. The number of nitrogens with zero attached hydrogens (tertiary/aromatic N) is 2. The summed E-state index contributed by atoms with van der Waals surface area (Å²) in [5.74, 6) is 0. The van der Waals surface area contributed by atoms with Gasteiger partial charge in [0, 0.05) is 24.0 Å². The van der Waals surface area contributed by atoms with Gasteiger partial charge in [-0.25, -0.2) is 9.97 Å². The van der Waals surface area contributed by atoms with E-state index in [1.54, 1.807) is 6.33 Å². The zero-order valence-corrected chi connectivity index (χ0v) is 9.53. The molecule has 0 spiro atoms. The van der Waals surface area contributed by atoms with Gasteiger partial charge in [0.25, 0.3) is 0 Å². The Labute approximate surface area is 91.3 Å². The van der Waals surface area contributed by atoms with Crippen molar-refractivity contribution in [2.45, 2.75) is 39.2 Å². The largest absolute Gasteiger partial charge is 0.309 e. The van der Waals surface area contributed by atoms with E-state index in [9.17, 15) is 0 Å². The molecule has 1 atom stereocenters. The summed E-state index contributed by atoms with van der Waals surface area (Å²) in [6, 6.07) is 0.429. The molecule has 2 rings (SSSR count). The van der Waals surface area contributed by atoms with Crippen molar-refractivity contribution < 1.29 is 0 Å². The number of aromatic nitrogens is 2. The van der Waals surface area contributed by atoms with Gasteiger partial charge in [-0.05, 0) is 31.2 Å². The van der Waals surface area contributed by atoms with E-state index in [2.05, 4.69) is 29.1 Å². The molecule has 1 aliphatic carbocycles. The van der Waals surface area contributed by atoms with E-state index >= 15 is 0 Å². The van der Waals surface area contributed by atoms with Crippen LogP contribution in [-0.2, 0) is 0 Å². The SMILES string of the molecule is CCCNC(c1cncnc1)C1(C)CC1. The lowest BCUT2D eigenvalue weighted by atomic mass is 9.93. The summed E-state index contributed by atoms with van der Waals surface area (Å²) in [4.78, 5) is 8.21. The Morgan fingerprint density at radius 1 is 1.40 bits per heavy atom. The topological polar surface area (TPSA) is 37.8 Å². The molecule has 1 N–H and O–H groups in total. The summed E-state index contributed by atoms with van der Waals surface area (Å²) in [5, 5.41) is 3.61. The first-order chi connectivity index (χ1) is 7.26. The molecule has 1 aromatic rings. The minimum Gasteiger partial charge on any atom is -0.309 e. The third-order valence-corrected chi connectivity index (χ3v) is 3.25. The molecule has 1 aromatic heterocycles. The van der Waals surface area contributed by atoms with Crippen LogP contribution in [0.1, 0.15) is 44.7 Å². The van der Waals surface area contributed by atoms with Crippen LogP contribution in [0.2, 0.25) is 0 Å². The third kappa shape index (κ3) is 2.34. The van der Waals surface area contributed by atoms with Crippen molar-refractivity contribution in [2.75, 3.05) is 6.54 Å². The normalized spacial score (nSPS) is 19.9. The summed E-state index contributed by atoms with van der Waals surface area (Å²) in [6.45, 7) is 5.60. The van der Waals surface area contributed by atoms with Gasteiger partial charge >= 0.3 is 0 Å². The molecule has 0 aromatic carbocycles. The van der Waals surface area contributed by atoms with Crippen LogP contribution in [0.4, 0.5) is 0 Å². The molecule has 1 saturated carbocycles. The van der Waals surface area contributed by atoms with Gasteiger partial charge in [0.1, 0.15) is 6.33 Å². The van der Waals surface area contributed by atoms with Crippen LogP contribution in [0, 0.1) is 5.41 Å². The lowest BCUT2D eigenvalue weighted by molar-refractivity contribution is 0.365. The maximum Gasteiger partial charge on any atom is 0.115 e. The van der Waals surface area contributed by atoms with Gasteiger partial charge in [0.2, 0.25) is 0 Å². The number of hydrogen-bond acceptors (Lipinski definition) is 3. The zero-order chi connectivity index (χ0) is 10.7. The smallest absolute Gasteiger partial charge is 0.115 e. The van der Waals surface area contributed by atoms with Crippen molar-refractivity contribution >= 4 is 0 Å². The lowest BCUT2D eigenvalue weighted by Crippen LogP contribution is -2.28. The first-order valence-electron chi connectivity index (χ1n) is 5.74. The van der Waals surface area contributed by atoms with Gasteiger partial charge in [0.05, 0.1) is 0 Å². The molecule has 1 heterocycles. The molecule has 15 heavy (non-hydrogen) atoms. The second kappa shape index (κ2) is 4.27. The molecule has 0 saturated heterocycles. The lowest BCUT2D eigenvalue weighted by Gasteiger charge is -2.24. The monoisotopic (exact) mass is 205 g/mol. The second-order valence-corrected chi connectivity index (χ2v) is 4.71. The maximum atomic E-state index is 4.10. The predicted octanol–water partition coefficient (Wildman–Crippen LogP) is 2.32. The highest BCUT2D eigenvalue weighted by molar-refractivity contribution is 5.17. The second-order valence-electron chi connectivity index (χ2n) is 4.71. The zero-order valence-electron chi connectivity index (χ0n) is 9.53. The van der Waals surface area contributed by atoms with E-state index in [0.717, 1.165) is 6.54 Å².